The van der Waals surface area contributed by atoms with E-state index in [-0.39, 0.29) is 5.89 Å². The smallest absolute Gasteiger partial charge is 0.396 e. The fraction of sp³-hybridized carbons (Fsp3) is 0.750. The molecule has 3 saturated carbocycles. The predicted octanol–water partition coefficient (Wildman–Crippen LogP) is 1.62. The maximum atomic E-state index is 11.2. The van der Waals surface area contributed by atoms with Crippen molar-refractivity contribution in [1.29, 1.82) is 0 Å². The molecule has 0 amide bonds. The predicted molar refractivity (Wildman–Crippen MR) is 56.2 cm³/mol. The fourth-order valence-corrected chi connectivity index (χ4v) is 4.19. The van der Waals surface area contributed by atoms with Crippen LogP contribution in [0.1, 0.15) is 41.8 Å². The molecule has 2 bridgehead atoms. The van der Waals surface area contributed by atoms with Crippen molar-refractivity contribution >= 4 is 5.97 Å². The zero-order chi connectivity index (χ0) is 11.6. The van der Waals surface area contributed by atoms with E-state index < -0.39 is 5.97 Å². The Balaban J connectivity index is 1.58. The first kappa shape index (κ1) is 9.62. The number of rotatable bonds is 2. The third-order valence-corrected chi connectivity index (χ3v) is 4.82. The van der Waals surface area contributed by atoms with Crippen LogP contribution in [-0.4, -0.2) is 23.3 Å². The highest BCUT2D eigenvalue weighted by Gasteiger charge is 2.67. The molecule has 5 nitrogen and oxygen atoms in total. The van der Waals surface area contributed by atoms with Crippen molar-refractivity contribution in [2.45, 2.75) is 25.2 Å². The number of nitrogens with zero attached hydrogens (tertiary/aromatic N) is 2. The number of carbonyl (C=O) groups excluding carboxylic acids is 1. The standard InChI is InChI=1S/C12H14N2O3/c1-16-12(15)11-14-13-10(17-11)9-7-5-2-3-6(4-5)8(7)9/h5-9H,2-4H2,1H3. The first-order valence-corrected chi connectivity index (χ1v) is 6.21. The Morgan fingerprint density at radius 1 is 1.29 bits per heavy atom. The molecule has 4 atom stereocenters. The summed E-state index contributed by atoms with van der Waals surface area (Å²) in [6.45, 7) is 0. The summed E-state index contributed by atoms with van der Waals surface area (Å²) in [4.78, 5) is 11.2. The Morgan fingerprint density at radius 3 is 2.65 bits per heavy atom. The minimum atomic E-state index is -0.544. The third kappa shape index (κ3) is 1.17. The number of hydrogen-bond acceptors (Lipinski definition) is 5. The number of methoxy groups -OCH3 is 1. The molecule has 3 fully saturated rings. The van der Waals surface area contributed by atoms with Gasteiger partial charge in [0.2, 0.25) is 5.89 Å². The fourth-order valence-electron chi connectivity index (χ4n) is 4.19. The van der Waals surface area contributed by atoms with E-state index in [1.807, 2.05) is 0 Å². The van der Waals surface area contributed by atoms with E-state index in [1.165, 1.54) is 26.4 Å². The summed E-state index contributed by atoms with van der Waals surface area (Å²) >= 11 is 0. The van der Waals surface area contributed by atoms with E-state index in [0.29, 0.717) is 11.8 Å². The second-order valence-electron chi connectivity index (χ2n) is 5.45. The Bertz CT molecular complexity index is 468. The zero-order valence-corrected chi connectivity index (χ0v) is 9.63. The van der Waals surface area contributed by atoms with E-state index in [2.05, 4.69) is 14.9 Å². The summed E-state index contributed by atoms with van der Waals surface area (Å²) < 4.78 is 9.99. The highest BCUT2D eigenvalue weighted by molar-refractivity contribution is 5.83. The van der Waals surface area contributed by atoms with Crippen LogP contribution >= 0.6 is 0 Å². The lowest BCUT2D eigenvalue weighted by atomic mass is 10.0. The van der Waals surface area contributed by atoms with Gasteiger partial charge < -0.3 is 9.15 Å². The molecule has 4 unspecified atom stereocenters. The van der Waals surface area contributed by atoms with Crippen LogP contribution in [0.5, 0.6) is 0 Å². The molecule has 0 aromatic carbocycles. The van der Waals surface area contributed by atoms with E-state index in [4.69, 9.17) is 4.42 Å². The Kier molecular flexibility index (Phi) is 1.75. The third-order valence-electron chi connectivity index (χ3n) is 4.82. The van der Waals surface area contributed by atoms with Crippen molar-refractivity contribution in [2.75, 3.05) is 7.11 Å². The van der Waals surface area contributed by atoms with Crippen LogP contribution in [0.3, 0.4) is 0 Å². The van der Waals surface area contributed by atoms with E-state index in [1.54, 1.807) is 0 Å². The van der Waals surface area contributed by atoms with Gasteiger partial charge in [0.1, 0.15) is 0 Å². The Hall–Kier alpha value is -1.39. The molecule has 3 aliphatic rings. The molecular weight excluding hydrogens is 220 g/mol. The van der Waals surface area contributed by atoms with Gasteiger partial charge in [-0.3, -0.25) is 0 Å². The van der Waals surface area contributed by atoms with Crippen LogP contribution in [0.2, 0.25) is 0 Å². The van der Waals surface area contributed by atoms with Gasteiger partial charge in [-0.25, -0.2) is 4.79 Å². The van der Waals surface area contributed by atoms with Gasteiger partial charge in [-0.2, -0.15) is 0 Å². The number of aromatic nitrogens is 2. The summed E-state index contributed by atoms with van der Waals surface area (Å²) in [5.74, 6) is 3.74. The van der Waals surface area contributed by atoms with Crippen LogP contribution in [0.15, 0.2) is 4.42 Å². The molecule has 0 N–H and O–H groups in total. The molecule has 0 radical (unpaired) electrons. The van der Waals surface area contributed by atoms with Crippen LogP contribution in [0.4, 0.5) is 0 Å². The number of fused-ring (bicyclic) bond motifs is 5. The van der Waals surface area contributed by atoms with Crippen molar-refractivity contribution < 1.29 is 13.9 Å². The maximum Gasteiger partial charge on any atom is 0.396 e. The van der Waals surface area contributed by atoms with Crippen LogP contribution < -0.4 is 0 Å². The van der Waals surface area contributed by atoms with E-state index in [0.717, 1.165) is 23.7 Å². The molecule has 4 rings (SSSR count). The highest BCUT2D eigenvalue weighted by atomic mass is 16.5. The molecule has 1 aromatic rings. The summed E-state index contributed by atoms with van der Waals surface area (Å²) in [6, 6.07) is 0. The number of ether oxygens (including phenoxy) is 1. The summed E-state index contributed by atoms with van der Waals surface area (Å²) in [7, 11) is 1.32. The monoisotopic (exact) mass is 234 g/mol. The van der Waals surface area contributed by atoms with E-state index >= 15 is 0 Å². The molecule has 0 spiro atoms. The number of esters is 1. The highest BCUT2D eigenvalue weighted by Crippen LogP contribution is 2.72. The molecule has 3 aliphatic carbocycles. The maximum absolute atomic E-state index is 11.2. The van der Waals surface area contributed by atoms with Gasteiger partial charge in [0.25, 0.3) is 0 Å². The second kappa shape index (κ2) is 3.09. The van der Waals surface area contributed by atoms with Crippen molar-refractivity contribution in [3.63, 3.8) is 0 Å². The Morgan fingerprint density at radius 2 is 2.00 bits per heavy atom. The molecule has 17 heavy (non-hydrogen) atoms. The first-order chi connectivity index (χ1) is 8.29. The van der Waals surface area contributed by atoms with Crippen LogP contribution in [-0.2, 0) is 4.74 Å². The molecular formula is C12H14N2O3. The van der Waals surface area contributed by atoms with Gasteiger partial charge >= 0.3 is 11.9 Å². The van der Waals surface area contributed by atoms with Gasteiger partial charge in [0.15, 0.2) is 0 Å². The number of carbonyl (C=O) groups is 1. The number of hydrogen-bond donors (Lipinski definition) is 0. The molecule has 0 aliphatic heterocycles. The van der Waals surface area contributed by atoms with Gasteiger partial charge in [0, 0.05) is 5.92 Å². The lowest BCUT2D eigenvalue weighted by molar-refractivity contribution is 0.0553. The van der Waals surface area contributed by atoms with Crippen molar-refractivity contribution in [1.82, 2.24) is 10.2 Å². The van der Waals surface area contributed by atoms with Crippen molar-refractivity contribution in [3.05, 3.63) is 11.8 Å². The molecule has 0 saturated heterocycles. The quantitative estimate of drug-likeness (QED) is 0.727. The minimum absolute atomic E-state index is 0.0141. The normalized spacial score (nSPS) is 41.4. The zero-order valence-electron chi connectivity index (χ0n) is 9.63. The molecule has 1 heterocycles. The average molecular weight is 234 g/mol. The lowest BCUT2D eigenvalue weighted by Gasteiger charge is -2.04. The summed E-state index contributed by atoms with van der Waals surface area (Å²) in [5, 5.41) is 7.76. The van der Waals surface area contributed by atoms with Crippen LogP contribution in [0, 0.1) is 23.7 Å². The van der Waals surface area contributed by atoms with Gasteiger partial charge in [-0.05, 0) is 42.9 Å². The Labute approximate surface area is 98.5 Å². The van der Waals surface area contributed by atoms with Gasteiger partial charge in [0.05, 0.1) is 7.11 Å². The summed E-state index contributed by atoms with van der Waals surface area (Å²) in [5.41, 5.74) is 0. The summed E-state index contributed by atoms with van der Waals surface area (Å²) in [6.07, 6.45) is 4.12. The minimum Gasteiger partial charge on any atom is -0.462 e. The molecule has 5 heteroatoms. The molecule has 90 valence electrons. The van der Waals surface area contributed by atoms with E-state index in [9.17, 15) is 4.79 Å². The molecule has 1 aromatic heterocycles. The first-order valence-electron chi connectivity index (χ1n) is 6.21. The van der Waals surface area contributed by atoms with Crippen molar-refractivity contribution in [3.8, 4) is 0 Å². The van der Waals surface area contributed by atoms with Crippen molar-refractivity contribution in [2.24, 2.45) is 23.7 Å². The largest absolute Gasteiger partial charge is 0.462 e. The van der Waals surface area contributed by atoms with Gasteiger partial charge in [-0.1, -0.05) is 0 Å². The second-order valence-corrected chi connectivity index (χ2v) is 5.45. The van der Waals surface area contributed by atoms with Gasteiger partial charge in [-0.15, -0.1) is 10.2 Å². The average Bonchev–Trinajstić information content (AvgIpc) is 2.81. The topological polar surface area (TPSA) is 65.2 Å². The SMILES string of the molecule is COC(=O)c1nnc(C2C3C4CCC(C4)C23)o1. The lowest BCUT2D eigenvalue weighted by Crippen LogP contribution is -2.00. The van der Waals surface area contributed by atoms with Crippen LogP contribution in [0.25, 0.3) is 0 Å².